The summed E-state index contributed by atoms with van der Waals surface area (Å²) in [4.78, 5) is 22.7. The molecule has 2 amide bonds. The van der Waals surface area contributed by atoms with Crippen LogP contribution in [0.3, 0.4) is 0 Å². The van der Waals surface area contributed by atoms with Crippen molar-refractivity contribution in [1.82, 2.24) is 5.43 Å². The average Bonchev–Trinajstić information content (AvgIpc) is 3.04. The van der Waals surface area contributed by atoms with Crippen LogP contribution in [0, 0.1) is 0 Å². The van der Waals surface area contributed by atoms with Crippen LogP contribution in [0.25, 0.3) is 11.0 Å². The van der Waals surface area contributed by atoms with E-state index in [1.54, 1.807) is 48.5 Å². The summed E-state index contributed by atoms with van der Waals surface area (Å²) in [6.45, 7) is -0.188. The molecule has 3 rings (SSSR count). The molecule has 1 aromatic heterocycles. The number of nitrogens with two attached hydrogens (primary N) is 1. The number of hydrazone groups is 1. The van der Waals surface area contributed by atoms with E-state index in [9.17, 15) is 9.59 Å². The molecule has 7 nitrogen and oxygen atoms in total. The second-order valence-corrected chi connectivity index (χ2v) is 5.75. The molecule has 0 radical (unpaired) electrons. The zero-order valence-electron chi connectivity index (χ0n) is 13.4. The molecule has 3 aromatic rings. The number of furan rings is 1. The summed E-state index contributed by atoms with van der Waals surface area (Å²) in [7, 11) is 0. The van der Waals surface area contributed by atoms with Crippen LogP contribution in [0.1, 0.15) is 16.1 Å². The lowest BCUT2D eigenvalue weighted by Crippen LogP contribution is -2.20. The number of ether oxygens (including phenoxy) is 1. The molecule has 0 aliphatic heterocycles. The van der Waals surface area contributed by atoms with Gasteiger partial charge in [0.1, 0.15) is 11.3 Å². The van der Waals surface area contributed by atoms with Gasteiger partial charge >= 0.3 is 5.91 Å². The van der Waals surface area contributed by atoms with E-state index in [0.717, 1.165) is 10.9 Å². The number of rotatable bonds is 6. The van der Waals surface area contributed by atoms with E-state index in [-0.39, 0.29) is 12.4 Å². The zero-order valence-corrected chi connectivity index (χ0v) is 14.2. The Balaban J connectivity index is 1.60. The minimum atomic E-state index is -0.550. The predicted octanol–water partition coefficient (Wildman–Crippen LogP) is 2.71. The van der Waals surface area contributed by atoms with Gasteiger partial charge in [-0.05, 0) is 54.1 Å². The first-order chi connectivity index (χ1) is 12.5. The van der Waals surface area contributed by atoms with Crippen molar-refractivity contribution >= 4 is 40.6 Å². The topological polar surface area (TPSA) is 107 Å². The van der Waals surface area contributed by atoms with Crippen molar-refractivity contribution in [2.45, 2.75) is 0 Å². The molecule has 0 bridgehead atoms. The SMILES string of the molecule is NC(=O)COc1ccc(/C=N\NC(=O)c2cc3cc(Cl)ccc3o2)cc1. The van der Waals surface area contributed by atoms with Crippen LogP contribution in [0.15, 0.2) is 58.0 Å². The number of carbonyl (C=O) groups is 2. The fraction of sp³-hybridized carbons (Fsp3) is 0.0556. The number of benzene rings is 2. The molecule has 1 heterocycles. The Morgan fingerprint density at radius 2 is 1.96 bits per heavy atom. The molecule has 3 N–H and O–H groups in total. The molecule has 0 atom stereocenters. The quantitative estimate of drug-likeness (QED) is 0.513. The lowest BCUT2D eigenvalue weighted by atomic mass is 10.2. The first kappa shape index (κ1) is 17.5. The minimum absolute atomic E-state index is 0.134. The van der Waals surface area contributed by atoms with Crippen LogP contribution in [0.4, 0.5) is 0 Å². The highest BCUT2D eigenvalue weighted by atomic mass is 35.5. The van der Waals surface area contributed by atoms with Crippen molar-refractivity contribution in [3.63, 3.8) is 0 Å². The Morgan fingerprint density at radius 1 is 1.19 bits per heavy atom. The fourth-order valence-electron chi connectivity index (χ4n) is 2.15. The van der Waals surface area contributed by atoms with Crippen LogP contribution < -0.4 is 15.9 Å². The molecule has 0 spiro atoms. The Kier molecular flexibility index (Phi) is 5.19. The highest BCUT2D eigenvalue weighted by Crippen LogP contribution is 2.22. The average molecular weight is 372 g/mol. The zero-order chi connectivity index (χ0) is 18.5. The molecular formula is C18H14ClN3O4. The summed E-state index contributed by atoms with van der Waals surface area (Å²) in [6, 6.07) is 13.4. The maximum atomic E-state index is 12.1. The Morgan fingerprint density at radius 3 is 2.69 bits per heavy atom. The number of hydrogen-bond acceptors (Lipinski definition) is 5. The molecule has 0 aliphatic rings. The molecule has 0 saturated heterocycles. The maximum absolute atomic E-state index is 12.1. The third kappa shape index (κ3) is 4.40. The van der Waals surface area contributed by atoms with Crippen molar-refractivity contribution < 1.29 is 18.7 Å². The second-order valence-electron chi connectivity index (χ2n) is 5.32. The number of carbonyl (C=O) groups excluding carboxylic acids is 2. The van der Waals surface area contributed by atoms with Gasteiger partial charge in [0.05, 0.1) is 6.21 Å². The van der Waals surface area contributed by atoms with Crippen LogP contribution >= 0.6 is 11.6 Å². The summed E-state index contributed by atoms with van der Waals surface area (Å²) in [5.41, 5.74) is 8.69. The van der Waals surface area contributed by atoms with Crippen molar-refractivity contribution in [1.29, 1.82) is 0 Å². The first-order valence-electron chi connectivity index (χ1n) is 7.55. The van der Waals surface area contributed by atoms with Crippen LogP contribution in [0.2, 0.25) is 5.02 Å². The van der Waals surface area contributed by atoms with E-state index in [1.165, 1.54) is 6.21 Å². The van der Waals surface area contributed by atoms with Crippen LogP contribution in [-0.2, 0) is 4.79 Å². The number of fused-ring (bicyclic) bond motifs is 1. The molecule has 0 fully saturated rings. The van der Waals surface area contributed by atoms with Gasteiger partial charge in [-0.25, -0.2) is 5.43 Å². The Labute approximate surface area is 153 Å². The molecule has 8 heteroatoms. The van der Waals surface area contributed by atoms with Crippen molar-refractivity contribution in [2.24, 2.45) is 10.8 Å². The molecule has 132 valence electrons. The van der Waals surface area contributed by atoms with Crippen molar-refractivity contribution in [3.8, 4) is 5.75 Å². The van der Waals surface area contributed by atoms with E-state index in [4.69, 9.17) is 26.5 Å². The summed E-state index contributed by atoms with van der Waals surface area (Å²) >= 11 is 5.91. The lowest BCUT2D eigenvalue weighted by Gasteiger charge is -2.03. The molecular weight excluding hydrogens is 358 g/mol. The van der Waals surface area contributed by atoms with E-state index >= 15 is 0 Å². The van der Waals surface area contributed by atoms with Gasteiger partial charge < -0.3 is 14.9 Å². The minimum Gasteiger partial charge on any atom is -0.484 e. The molecule has 0 saturated carbocycles. The lowest BCUT2D eigenvalue weighted by molar-refractivity contribution is -0.119. The molecule has 26 heavy (non-hydrogen) atoms. The Hall–Kier alpha value is -3.32. The highest BCUT2D eigenvalue weighted by Gasteiger charge is 2.11. The summed E-state index contributed by atoms with van der Waals surface area (Å²) in [5, 5.41) is 5.18. The maximum Gasteiger partial charge on any atom is 0.307 e. The van der Waals surface area contributed by atoms with Gasteiger partial charge in [0.25, 0.3) is 5.91 Å². The van der Waals surface area contributed by atoms with E-state index < -0.39 is 11.8 Å². The van der Waals surface area contributed by atoms with Gasteiger partial charge in [-0.2, -0.15) is 5.10 Å². The van der Waals surface area contributed by atoms with Gasteiger partial charge in [-0.15, -0.1) is 0 Å². The van der Waals surface area contributed by atoms with Crippen molar-refractivity contribution in [2.75, 3.05) is 6.61 Å². The van der Waals surface area contributed by atoms with Gasteiger partial charge in [0.15, 0.2) is 12.4 Å². The summed E-state index contributed by atoms with van der Waals surface area (Å²) in [5.74, 6) is -0.387. The van der Waals surface area contributed by atoms with Gasteiger partial charge in [-0.1, -0.05) is 11.6 Å². The number of halogens is 1. The van der Waals surface area contributed by atoms with Crippen molar-refractivity contribution in [3.05, 3.63) is 64.9 Å². The molecule has 2 aromatic carbocycles. The summed E-state index contributed by atoms with van der Waals surface area (Å²) in [6.07, 6.45) is 1.47. The molecule has 0 aliphatic carbocycles. The number of nitrogens with one attached hydrogen (secondary N) is 1. The number of nitrogens with zero attached hydrogens (tertiary/aromatic N) is 1. The van der Waals surface area contributed by atoms with Gasteiger partial charge in [0, 0.05) is 10.4 Å². The smallest absolute Gasteiger partial charge is 0.307 e. The van der Waals surface area contributed by atoms with Gasteiger partial charge in [-0.3, -0.25) is 9.59 Å². The number of primary amides is 1. The normalized spacial score (nSPS) is 11.0. The summed E-state index contributed by atoms with van der Waals surface area (Å²) < 4.78 is 10.6. The standard InChI is InChI=1S/C18H14ClN3O4/c19-13-3-6-15-12(7-13)8-16(26-15)18(24)22-21-9-11-1-4-14(5-2-11)25-10-17(20)23/h1-9H,10H2,(H2,20,23)(H,22,24)/b21-9-. The predicted molar refractivity (Wildman–Crippen MR) is 97.4 cm³/mol. The van der Waals surface area contributed by atoms with Crippen LogP contribution in [-0.4, -0.2) is 24.6 Å². The third-order valence-electron chi connectivity index (χ3n) is 3.34. The highest BCUT2D eigenvalue weighted by molar-refractivity contribution is 6.31. The largest absolute Gasteiger partial charge is 0.484 e. The van der Waals surface area contributed by atoms with E-state index in [0.29, 0.717) is 16.4 Å². The van der Waals surface area contributed by atoms with Crippen LogP contribution in [0.5, 0.6) is 5.75 Å². The number of hydrogen-bond donors (Lipinski definition) is 2. The molecule has 0 unspecified atom stereocenters. The first-order valence-corrected chi connectivity index (χ1v) is 7.93. The van der Waals surface area contributed by atoms with E-state index in [1.807, 2.05) is 0 Å². The Bertz CT molecular complexity index is 980. The third-order valence-corrected chi connectivity index (χ3v) is 3.58. The van der Waals surface area contributed by atoms with Gasteiger partial charge in [0.2, 0.25) is 0 Å². The second kappa shape index (κ2) is 7.71. The number of amides is 2. The van der Waals surface area contributed by atoms with E-state index in [2.05, 4.69) is 10.5 Å². The fourth-order valence-corrected chi connectivity index (χ4v) is 2.33. The monoisotopic (exact) mass is 371 g/mol.